The highest BCUT2D eigenvalue weighted by Gasteiger charge is 2.32. The fourth-order valence-electron chi connectivity index (χ4n) is 3.85. The number of amidine groups is 1. The quantitative estimate of drug-likeness (QED) is 0.600. The lowest BCUT2D eigenvalue weighted by molar-refractivity contribution is -0.122. The maximum atomic E-state index is 13.0. The van der Waals surface area contributed by atoms with Crippen LogP contribution in [0.3, 0.4) is 0 Å². The maximum Gasteiger partial charge on any atom is 0.266 e. The molecule has 0 atom stereocenters. The molecule has 162 valence electrons. The SMILES string of the molecule is CCN1C(=O)/C(=C/c2cc(OC)c(N3CCCC3)cc2OC)SC1=Nc1ccccc1. The Kier molecular flexibility index (Phi) is 6.51. The maximum absolute atomic E-state index is 13.0. The predicted molar refractivity (Wildman–Crippen MR) is 127 cm³/mol. The number of hydrogen-bond acceptors (Lipinski definition) is 6. The number of benzene rings is 2. The van der Waals surface area contributed by atoms with E-state index in [9.17, 15) is 4.79 Å². The van der Waals surface area contributed by atoms with Gasteiger partial charge in [-0.25, -0.2) is 4.99 Å². The van der Waals surface area contributed by atoms with E-state index < -0.39 is 0 Å². The number of ether oxygens (including phenoxy) is 2. The Balaban J connectivity index is 1.70. The standard InChI is InChI=1S/C24H27N3O3S/c1-4-27-23(28)22(31-24(27)25-18-10-6-5-7-11-18)15-17-14-21(30-3)19(16-20(17)29-2)26-12-8-9-13-26/h5-7,10-11,14-16H,4,8-9,12-13H2,1-3H3/b22-15-,25-24?. The van der Waals surface area contributed by atoms with Crippen LogP contribution in [0.1, 0.15) is 25.3 Å². The van der Waals surface area contributed by atoms with Crippen LogP contribution in [0.2, 0.25) is 0 Å². The summed E-state index contributed by atoms with van der Waals surface area (Å²) >= 11 is 1.38. The smallest absolute Gasteiger partial charge is 0.266 e. The topological polar surface area (TPSA) is 54.4 Å². The van der Waals surface area contributed by atoms with E-state index in [1.165, 1.54) is 24.6 Å². The molecule has 0 saturated carbocycles. The molecule has 0 unspecified atom stereocenters. The zero-order chi connectivity index (χ0) is 21.8. The lowest BCUT2D eigenvalue weighted by Crippen LogP contribution is -2.28. The molecule has 0 aliphatic carbocycles. The molecule has 2 aromatic carbocycles. The lowest BCUT2D eigenvalue weighted by atomic mass is 10.1. The van der Waals surface area contributed by atoms with Crippen molar-refractivity contribution >= 4 is 40.3 Å². The zero-order valence-corrected chi connectivity index (χ0v) is 18.9. The predicted octanol–water partition coefficient (Wildman–Crippen LogP) is 4.93. The van der Waals surface area contributed by atoms with Crippen molar-refractivity contribution in [3.8, 4) is 11.5 Å². The first-order valence-corrected chi connectivity index (χ1v) is 11.3. The first-order chi connectivity index (χ1) is 15.1. The number of carbonyl (C=O) groups is 1. The van der Waals surface area contributed by atoms with E-state index in [0.717, 1.165) is 41.5 Å². The van der Waals surface area contributed by atoms with Gasteiger partial charge in [0.05, 0.1) is 30.5 Å². The van der Waals surface area contributed by atoms with Crippen LogP contribution in [0.5, 0.6) is 11.5 Å². The number of likely N-dealkylation sites (N-methyl/N-ethyl adjacent to an activating group) is 1. The summed E-state index contributed by atoms with van der Waals surface area (Å²) in [6.45, 7) is 4.54. The Hall–Kier alpha value is -2.93. The number of thioether (sulfide) groups is 1. The Bertz CT molecular complexity index is 1010. The lowest BCUT2D eigenvalue weighted by Gasteiger charge is -2.22. The van der Waals surface area contributed by atoms with E-state index in [0.29, 0.717) is 16.6 Å². The molecule has 4 rings (SSSR count). The normalized spacial score (nSPS) is 19.0. The van der Waals surface area contributed by atoms with Crippen LogP contribution in [0, 0.1) is 0 Å². The monoisotopic (exact) mass is 437 g/mol. The number of aliphatic imine (C=N–C) groups is 1. The van der Waals surface area contributed by atoms with Crippen molar-refractivity contribution in [3.05, 3.63) is 52.9 Å². The van der Waals surface area contributed by atoms with Gasteiger partial charge < -0.3 is 14.4 Å². The van der Waals surface area contributed by atoms with Crippen molar-refractivity contribution in [2.24, 2.45) is 4.99 Å². The minimum Gasteiger partial charge on any atom is -0.496 e. The number of methoxy groups -OCH3 is 2. The van der Waals surface area contributed by atoms with Gasteiger partial charge in [0.25, 0.3) is 5.91 Å². The van der Waals surface area contributed by atoms with Crippen molar-refractivity contribution in [1.82, 2.24) is 4.90 Å². The van der Waals surface area contributed by atoms with Crippen LogP contribution in [0.25, 0.3) is 6.08 Å². The molecule has 2 aliphatic rings. The molecular formula is C24H27N3O3S. The van der Waals surface area contributed by atoms with Crippen LogP contribution in [-0.2, 0) is 4.79 Å². The molecule has 6 nitrogen and oxygen atoms in total. The minimum atomic E-state index is -0.0492. The average Bonchev–Trinajstić information content (AvgIpc) is 3.43. The van der Waals surface area contributed by atoms with Gasteiger partial charge in [0.1, 0.15) is 11.5 Å². The summed E-state index contributed by atoms with van der Waals surface area (Å²) in [5.74, 6) is 1.46. The third-order valence-corrected chi connectivity index (χ3v) is 6.46. The van der Waals surface area contributed by atoms with Crippen LogP contribution >= 0.6 is 11.8 Å². The summed E-state index contributed by atoms with van der Waals surface area (Å²) in [5.41, 5.74) is 2.67. The van der Waals surface area contributed by atoms with E-state index >= 15 is 0 Å². The van der Waals surface area contributed by atoms with Gasteiger partial charge in [-0.1, -0.05) is 18.2 Å². The van der Waals surface area contributed by atoms with E-state index in [1.54, 1.807) is 19.1 Å². The molecule has 2 aliphatic heterocycles. The summed E-state index contributed by atoms with van der Waals surface area (Å²) in [6.07, 6.45) is 4.23. The number of rotatable bonds is 6. The summed E-state index contributed by atoms with van der Waals surface area (Å²) in [7, 11) is 3.33. The number of amides is 1. The molecule has 0 aromatic heterocycles. The van der Waals surface area contributed by atoms with Gasteiger partial charge in [0.2, 0.25) is 0 Å². The van der Waals surface area contributed by atoms with Gasteiger partial charge in [-0.15, -0.1) is 0 Å². The second-order valence-corrected chi connectivity index (χ2v) is 8.36. The molecule has 31 heavy (non-hydrogen) atoms. The molecule has 0 radical (unpaired) electrons. The number of para-hydroxylation sites is 1. The first kappa shape index (κ1) is 21.3. The molecule has 1 amide bonds. The zero-order valence-electron chi connectivity index (χ0n) is 18.1. The third kappa shape index (κ3) is 4.42. The van der Waals surface area contributed by atoms with E-state index in [4.69, 9.17) is 9.47 Å². The molecule has 0 spiro atoms. The van der Waals surface area contributed by atoms with Crippen molar-refractivity contribution in [1.29, 1.82) is 0 Å². The fraction of sp³-hybridized carbons (Fsp3) is 0.333. The third-order valence-electron chi connectivity index (χ3n) is 5.45. The molecular weight excluding hydrogens is 410 g/mol. The number of anilines is 1. The Labute approximate surface area is 187 Å². The summed E-state index contributed by atoms with van der Waals surface area (Å²) in [5, 5.41) is 0.685. The van der Waals surface area contributed by atoms with Gasteiger partial charge in [-0.2, -0.15) is 0 Å². The highest BCUT2D eigenvalue weighted by atomic mass is 32.2. The average molecular weight is 438 g/mol. The molecule has 2 fully saturated rings. The van der Waals surface area contributed by atoms with Crippen molar-refractivity contribution < 1.29 is 14.3 Å². The van der Waals surface area contributed by atoms with Crippen molar-refractivity contribution in [2.45, 2.75) is 19.8 Å². The highest BCUT2D eigenvalue weighted by molar-refractivity contribution is 8.18. The van der Waals surface area contributed by atoms with Crippen LogP contribution < -0.4 is 14.4 Å². The number of nitrogens with zero attached hydrogens (tertiary/aromatic N) is 3. The Morgan fingerprint density at radius 2 is 1.77 bits per heavy atom. The second-order valence-electron chi connectivity index (χ2n) is 7.35. The van der Waals surface area contributed by atoms with Gasteiger partial charge in [-0.3, -0.25) is 9.69 Å². The van der Waals surface area contributed by atoms with Crippen LogP contribution in [0.15, 0.2) is 52.4 Å². The number of carbonyl (C=O) groups excluding carboxylic acids is 1. The molecule has 2 saturated heterocycles. The fourth-order valence-corrected chi connectivity index (χ4v) is 4.90. The first-order valence-electron chi connectivity index (χ1n) is 10.5. The molecule has 2 aromatic rings. The highest BCUT2D eigenvalue weighted by Crippen LogP contribution is 2.40. The summed E-state index contributed by atoms with van der Waals surface area (Å²) in [6, 6.07) is 13.6. The van der Waals surface area contributed by atoms with E-state index in [1.807, 2.05) is 55.5 Å². The molecule has 0 N–H and O–H groups in total. The summed E-state index contributed by atoms with van der Waals surface area (Å²) < 4.78 is 11.4. The minimum absolute atomic E-state index is 0.0492. The largest absolute Gasteiger partial charge is 0.496 e. The van der Waals surface area contributed by atoms with E-state index in [-0.39, 0.29) is 5.91 Å². The molecule has 0 bridgehead atoms. The summed E-state index contributed by atoms with van der Waals surface area (Å²) in [4.78, 5) is 22.4. The van der Waals surface area contributed by atoms with Crippen LogP contribution in [-0.4, -0.2) is 49.8 Å². The number of hydrogen-bond donors (Lipinski definition) is 0. The van der Waals surface area contributed by atoms with Crippen molar-refractivity contribution in [2.75, 3.05) is 38.8 Å². The van der Waals surface area contributed by atoms with Crippen molar-refractivity contribution in [3.63, 3.8) is 0 Å². The molecule has 2 heterocycles. The van der Waals surface area contributed by atoms with Gasteiger partial charge >= 0.3 is 0 Å². The Morgan fingerprint density at radius 1 is 1.06 bits per heavy atom. The van der Waals surface area contributed by atoms with Gasteiger partial charge in [0.15, 0.2) is 5.17 Å². The Morgan fingerprint density at radius 3 is 2.42 bits per heavy atom. The van der Waals surface area contributed by atoms with E-state index in [2.05, 4.69) is 9.89 Å². The van der Waals surface area contributed by atoms with Crippen LogP contribution in [0.4, 0.5) is 11.4 Å². The van der Waals surface area contributed by atoms with Gasteiger partial charge in [0, 0.05) is 31.3 Å². The van der Waals surface area contributed by atoms with Gasteiger partial charge in [-0.05, 0) is 55.8 Å². The second kappa shape index (κ2) is 9.47. The molecule has 7 heteroatoms.